The highest BCUT2D eigenvalue weighted by atomic mass is 127. The van der Waals surface area contributed by atoms with Crippen LogP contribution in [-0.2, 0) is 0 Å². The van der Waals surface area contributed by atoms with Gasteiger partial charge >= 0.3 is 0 Å². The van der Waals surface area contributed by atoms with Gasteiger partial charge in [-0.1, -0.05) is 6.92 Å². The van der Waals surface area contributed by atoms with Crippen molar-refractivity contribution >= 4 is 44.2 Å². The van der Waals surface area contributed by atoms with E-state index in [-0.39, 0.29) is 6.10 Å². The molecule has 0 aromatic heterocycles. The molecule has 0 spiro atoms. The number of nitrogens with one attached hydrogen (secondary N) is 1. The second kappa shape index (κ2) is 5.92. The van der Waals surface area contributed by atoms with E-state index in [1.165, 1.54) is 3.57 Å². The Morgan fingerprint density at radius 3 is 2.93 bits per heavy atom. The fourth-order valence-electron chi connectivity index (χ4n) is 1.01. The standard InChI is InChI=1S/C10H13BrINO/c1-2-8(14)6-13-10-5-7(12)3-4-9(10)11/h3-5,8,13-14H,2,6H2,1H3/t8-/m1/s1. The Morgan fingerprint density at radius 1 is 1.57 bits per heavy atom. The highest BCUT2D eigenvalue weighted by Crippen LogP contribution is 2.24. The molecule has 0 saturated carbocycles. The number of halogens is 2. The average Bonchev–Trinajstić information content (AvgIpc) is 2.19. The van der Waals surface area contributed by atoms with Crippen molar-refractivity contribution in [2.75, 3.05) is 11.9 Å². The molecule has 14 heavy (non-hydrogen) atoms. The highest BCUT2D eigenvalue weighted by Gasteiger charge is 2.03. The zero-order valence-corrected chi connectivity index (χ0v) is 11.7. The summed E-state index contributed by atoms with van der Waals surface area (Å²) >= 11 is 5.72. The van der Waals surface area contributed by atoms with Crippen LogP contribution in [0.25, 0.3) is 0 Å². The molecule has 1 atom stereocenters. The van der Waals surface area contributed by atoms with Crippen LogP contribution in [0, 0.1) is 3.57 Å². The molecule has 0 unspecified atom stereocenters. The number of anilines is 1. The Bertz CT molecular complexity index is 306. The third kappa shape index (κ3) is 3.74. The zero-order valence-electron chi connectivity index (χ0n) is 7.93. The Balaban J connectivity index is 2.62. The largest absolute Gasteiger partial charge is 0.391 e. The van der Waals surface area contributed by atoms with Crippen LogP contribution in [0.2, 0.25) is 0 Å². The first-order valence-corrected chi connectivity index (χ1v) is 6.37. The number of hydrogen-bond donors (Lipinski definition) is 2. The van der Waals surface area contributed by atoms with Crippen molar-refractivity contribution in [2.24, 2.45) is 0 Å². The highest BCUT2D eigenvalue weighted by molar-refractivity contribution is 14.1. The minimum absolute atomic E-state index is 0.278. The predicted molar refractivity (Wildman–Crippen MR) is 71.6 cm³/mol. The Labute approximate surface area is 106 Å². The fourth-order valence-corrected chi connectivity index (χ4v) is 1.88. The van der Waals surface area contributed by atoms with Gasteiger partial charge in [0.15, 0.2) is 0 Å². The summed E-state index contributed by atoms with van der Waals surface area (Å²) in [7, 11) is 0. The van der Waals surface area contributed by atoms with Crippen molar-refractivity contribution in [3.05, 3.63) is 26.2 Å². The summed E-state index contributed by atoms with van der Waals surface area (Å²) in [5.74, 6) is 0. The fraction of sp³-hybridized carbons (Fsp3) is 0.400. The van der Waals surface area contributed by atoms with Gasteiger partial charge < -0.3 is 10.4 Å². The third-order valence-corrected chi connectivity index (χ3v) is 3.29. The van der Waals surface area contributed by atoms with Gasteiger partial charge in [0.05, 0.1) is 6.10 Å². The maximum atomic E-state index is 9.40. The predicted octanol–water partition coefficient (Wildman–Crippen LogP) is 3.24. The van der Waals surface area contributed by atoms with E-state index in [0.29, 0.717) is 6.54 Å². The molecule has 0 saturated heterocycles. The minimum atomic E-state index is -0.278. The van der Waals surface area contributed by atoms with Crippen molar-refractivity contribution in [1.82, 2.24) is 0 Å². The van der Waals surface area contributed by atoms with Crippen LogP contribution in [0.15, 0.2) is 22.7 Å². The summed E-state index contributed by atoms with van der Waals surface area (Å²) < 4.78 is 2.21. The van der Waals surface area contributed by atoms with Crippen molar-refractivity contribution < 1.29 is 5.11 Å². The molecule has 0 aliphatic carbocycles. The molecule has 0 fully saturated rings. The first-order chi connectivity index (χ1) is 6.63. The molecular weight excluding hydrogens is 357 g/mol. The van der Waals surface area contributed by atoms with E-state index < -0.39 is 0 Å². The van der Waals surface area contributed by atoms with Crippen molar-refractivity contribution in [3.63, 3.8) is 0 Å². The molecule has 1 aromatic rings. The van der Waals surface area contributed by atoms with E-state index in [1.54, 1.807) is 0 Å². The molecule has 0 aliphatic heterocycles. The molecule has 2 nitrogen and oxygen atoms in total. The Hall–Kier alpha value is 0.190. The number of aliphatic hydroxyl groups excluding tert-OH is 1. The Morgan fingerprint density at radius 2 is 2.29 bits per heavy atom. The van der Waals surface area contributed by atoms with Crippen LogP contribution in [0.4, 0.5) is 5.69 Å². The molecule has 0 radical (unpaired) electrons. The molecule has 0 heterocycles. The lowest BCUT2D eigenvalue weighted by atomic mass is 10.2. The van der Waals surface area contributed by atoms with E-state index in [0.717, 1.165) is 16.6 Å². The first kappa shape index (κ1) is 12.3. The maximum Gasteiger partial charge on any atom is 0.0709 e. The van der Waals surface area contributed by atoms with Gasteiger partial charge in [-0.3, -0.25) is 0 Å². The summed E-state index contributed by atoms with van der Waals surface area (Å²) in [6.45, 7) is 2.56. The van der Waals surface area contributed by atoms with E-state index in [1.807, 2.05) is 25.1 Å². The van der Waals surface area contributed by atoms with E-state index in [4.69, 9.17) is 0 Å². The van der Waals surface area contributed by atoms with Crippen molar-refractivity contribution in [3.8, 4) is 0 Å². The Kier molecular flexibility index (Phi) is 5.19. The molecule has 4 heteroatoms. The van der Waals surface area contributed by atoms with Gasteiger partial charge in [0.1, 0.15) is 0 Å². The summed E-state index contributed by atoms with van der Waals surface area (Å²) in [6, 6.07) is 6.08. The van der Waals surface area contributed by atoms with Crippen LogP contribution in [0.3, 0.4) is 0 Å². The second-order valence-electron chi connectivity index (χ2n) is 3.07. The number of hydrogen-bond acceptors (Lipinski definition) is 2. The van der Waals surface area contributed by atoms with E-state index in [9.17, 15) is 5.11 Å². The van der Waals surface area contributed by atoms with Gasteiger partial charge in [-0.05, 0) is 63.1 Å². The lowest BCUT2D eigenvalue weighted by Crippen LogP contribution is -2.18. The van der Waals surface area contributed by atoms with Gasteiger partial charge in [0.25, 0.3) is 0 Å². The van der Waals surface area contributed by atoms with Gasteiger partial charge in [0, 0.05) is 20.3 Å². The number of aliphatic hydroxyl groups is 1. The molecule has 2 N–H and O–H groups in total. The normalized spacial score (nSPS) is 12.6. The smallest absolute Gasteiger partial charge is 0.0709 e. The molecule has 1 aromatic carbocycles. The van der Waals surface area contributed by atoms with Crippen LogP contribution in [0.5, 0.6) is 0 Å². The lowest BCUT2D eigenvalue weighted by Gasteiger charge is -2.12. The van der Waals surface area contributed by atoms with Gasteiger partial charge in [0.2, 0.25) is 0 Å². The van der Waals surface area contributed by atoms with Crippen LogP contribution in [-0.4, -0.2) is 17.8 Å². The van der Waals surface area contributed by atoms with Crippen LogP contribution < -0.4 is 5.32 Å². The minimum Gasteiger partial charge on any atom is -0.391 e. The van der Waals surface area contributed by atoms with Gasteiger partial charge in [-0.2, -0.15) is 0 Å². The van der Waals surface area contributed by atoms with Crippen molar-refractivity contribution in [1.29, 1.82) is 0 Å². The van der Waals surface area contributed by atoms with E-state index in [2.05, 4.69) is 43.8 Å². The molecular formula is C10H13BrINO. The molecule has 1 rings (SSSR count). The second-order valence-corrected chi connectivity index (χ2v) is 5.17. The number of benzene rings is 1. The van der Waals surface area contributed by atoms with Crippen molar-refractivity contribution in [2.45, 2.75) is 19.4 Å². The third-order valence-electron chi connectivity index (χ3n) is 1.93. The molecule has 78 valence electrons. The topological polar surface area (TPSA) is 32.3 Å². The molecule has 0 aliphatic rings. The summed E-state index contributed by atoms with van der Waals surface area (Å²) in [5, 5.41) is 12.6. The van der Waals surface area contributed by atoms with Gasteiger partial charge in [-0.15, -0.1) is 0 Å². The molecule has 0 bridgehead atoms. The average molecular weight is 370 g/mol. The quantitative estimate of drug-likeness (QED) is 0.798. The lowest BCUT2D eigenvalue weighted by molar-refractivity contribution is 0.183. The SMILES string of the molecule is CC[C@@H](O)CNc1cc(I)ccc1Br. The number of rotatable bonds is 4. The molecule has 0 amide bonds. The monoisotopic (exact) mass is 369 g/mol. The zero-order chi connectivity index (χ0) is 10.6. The summed E-state index contributed by atoms with van der Waals surface area (Å²) in [6.07, 6.45) is 0.494. The summed E-state index contributed by atoms with van der Waals surface area (Å²) in [5.41, 5.74) is 1.03. The van der Waals surface area contributed by atoms with Crippen LogP contribution in [0.1, 0.15) is 13.3 Å². The summed E-state index contributed by atoms with van der Waals surface area (Å²) in [4.78, 5) is 0. The van der Waals surface area contributed by atoms with Crippen LogP contribution >= 0.6 is 38.5 Å². The maximum absolute atomic E-state index is 9.40. The first-order valence-electron chi connectivity index (χ1n) is 4.50. The van der Waals surface area contributed by atoms with Gasteiger partial charge in [-0.25, -0.2) is 0 Å². The van der Waals surface area contributed by atoms with E-state index >= 15 is 0 Å².